The molecule has 0 saturated heterocycles. The van der Waals surface area contributed by atoms with Crippen LogP contribution in [0.2, 0.25) is 0 Å². The summed E-state index contributed by atoms with van der Waals surface area (Å²) >= 11 is 0. The number of benzene rings is 2. The number of nitrogens with zero attached hydrogens (tertiary/aromatic N) is 2. The van der Waals surface area contributed by atoms with E-state index in [2.05, 4.69) is 105 Å². The molecule has 1 heterocycles. The minimum atomic E-state index is 0. The van der Waals surface area contributed by atoms with Crippen molar-refractivity contribution in [2.75, 3.05) is 27.7 Å². The van der Waals surface area contributed by atoms with Crippen LogP contribution < -0.4 is 38.5 Å². The van der Waals surface area contributed by atoms with Crippen molar-refractivity contribution in [2.24, 2.45) is 0 Å². The molecule has 0 spiro atoms. The molecular weight excluding hydrogens is 464 g/mol. The lowest BCUT2D eigenvalue weighted by molar-refractivity contribution is -0.873. The van der Waals surface area contributed by atoms with Crippen molar-refractivity contribution in [3.63, 3.8) is 0 Å². The second-order valence-corrected chi connectivity index (χ2v) is 7.64. The van der Waals surface area contributed by atoms with Crippen molar-refractivity contribution in [1.29, 1.82) is 0 Å². The molecule has 0 aliphatic rings. The van der Waals surface area contributed by atoms with Gasteiger partial charge in [0.1, 0.15) is 0 Å². The molecule has 0 aliphatic carbocycles. The predicted molar refractivity (Wildman–Crippen MR) is 107 cm³/mol. The molecule has 0 atom stereocenters. The molecule has 3 rings (SSSR count). The van der Waals surface area contributed by atoms with Crippen LogP contribution in [0.25, 0.3) is 22.9 Å². The summed E-state index contributed by atoms with van der Waals surface area (Å²) in [6, 6.07) is 19.4. The summed E-state index contributed by atoms with van der Waals surface area (Å²) in [6.07, 6.45) is 9.95. The van der Waals surface area contributed by atoms with Crippen molar-refractivity contribution in [3.05, 3.63) is 78.1 Å². The summed E-state index contributed by atoms with van der Waals surface area (Å²) in [7, 11) is 6.73. The van der Waals surface area contributed by atoms with E-state index in [1.54, 1.807) is 0 Å². The molecule has 0 N–H and O–H groups in total. The molecule has 0 bridgehead atoms. The van der Waals surface area contributed by atoms with E-state index >= 15 is 0 Å². The van der Waals surface area contributed by atoms with Gasteiger partial charge in [0.25, 0.3) is 0 Å². The molecule has 27 heavy (non-hydrogen) atoms. The lowest BCUT2D eigenvalue weighted by Gasteiger charge is -2.22. The van der Waals surface area contributed by atoms with Gasteiger partial charge in [-0.2, -0.15) is 0 Å². The molecule has 144 valence electrons. The lowest BCUT2D eigenvalue weighted by Crippen LogP contribution is -3.00. The molecule has 2 nitrogen and oxygen atoms in total. The number of hydrogen-bond acceptors (Lipinski definition) is 0. The Kier molecular flexibility index (Phi) is 9.37. The topological polar surface area (TPSA) is 3.88 Å². The number of pyridine rings is 1. The SMILES string of the molecule is C[N+](C)(C)CCC[n+]1ccc(C=Cc2cccc3ccccc23)cc1.[Br-].[Br-]. The van der Waals surface area contributed by atoms with E-state index in [0.29, 0.717) is 0 Å². The smallest absolute Gasteiger partial charge is 0.169 e. The Bertz CT molecular complexity index is 860. The zero-order chi connectivity index (χ0) is 17.7. The molecule has 0 saturated carbocycles. The average Bonchev–Trinajstić information content (AvgIpc) is 2.60. The van der Waals surface area contributed by atoms with Gasteiger partial charge in [-0.05, 0) is 21.9 Å². The van der Waals surface area contributed by atoms with Gasteiger partial charge in [-0.1, -0.05) is 54.6 Å². The van der Waals surface area contributed by atoms with Crippen molar-refractivity contribution < 1.29 is 43.0 Å². The number of hydrogen-bond donors (Lipinski definition) is 0. The summed E-state index contributed by atoms with van der Waals surface area (Å²) in [5.41, 5.74) is 2.49. The fourth-order valence-electron chi connectivity index (χ4n) is 3.04. The van der Waals surface area contributed by atoms with Gasteiger partial charge in [0.15, 0.2) is 18.9 Å². The third kappa shape index (κ3) is 7.21. The fraction of sp³-hybridized carbons (Fsp3) is 0.261. The van der Waals surface area contributed by atoms with Crippen LogP contribution in [0, 0.1) is 0 Å². The van der Waals surface area contributed by atoms with Crippen LogP contribution in [0.3, 0.4) is 0 Å². The van der Waals surface area contributed by atoms with Crippen LogP contribution in [0.1, 0.15) is 17.5 Å². The minimum absolute atomic E-state index is 0. The quantitative estimate of drug-likeness (QED) is 0.289. The van der Waals surface area contributed by atoms with Gasteiger partial charge in [0, 0.05) is 12.1 Å². The monoisotopic (exact) mass is 490 g/mol. The highest BCUT2D eigenvalue weighted by molar-refractivity contribution is 5.92. The first kappa shape index (κ1) is 23.5. The van der Waals surface area contributed by atoms with Crippen molar-refractivity contribution in [1.82, 2.24) is 0 Å². The first-order valence-corrected chi connectivity index (χ1v) is 8.97. The fourth-order valence-corrected chi connectivity index (χ4v) is 3.04. The predicted octanol–water partition coefficient (Wildman–Crippen LogP) is -1.60. The van der Waals surface area contributed by atoms with Crippen LogP contribution in [-0.2, 0) is 6.54 Å². The van der Waals surface area contributed by atoms with E-state index in [1.165, 1.54) is 34.9 Å². The Morgan fingerprint density at radius 3 is 2.19 bits per heavy atom. The summed E-state index contributed by atoms with van der Waals surface area (Å²) in [5, 5.41) is 2.58. The van der Waals surface area contributed by atoms with E-state index in [9.17, 15) is 0 Å². The summed E-state index contributed by atoms with van der Waals surface area (Å²) in [5.74, 6) is 0. The molecule has 0 radical (unpaired) electrons. The first-order valence-electron chi connectivity index (χ1n) is 8.97. The maximum Gasteiger partial charge on any atom is 0.169 e. The number of quaternary nitrogens is 1. The molecular formula is C23H28Br2N2. The number of fused-ring (bicyclic) bond motifs is 1. The van der Waals surface area contributed by atoms with E-state index in [4.69, 9.17) is 0 Å². The number of halogens is 2. The van der Waals surface area contributed by atoms with Crippen LogP contribution in [0.15, 0.2) is 67.0 Å². The third-order valence-corrected chi connectivity index (χ3v) is 4.44. The van der Waals surface area contributed by atoms with Gasteiger partial charge < -0.3 is 38.4 Å². The molecule has 0 aliphatic heterocycles. The van der Waals surface area contributed by atoms with Gasteiger partial charge >= 0.3 is 0 Å². The molecule has 0 unspecified atom stereocenters. The first-order chi connectivity index (χ1) is 12.0. The van der Waals surface area contributed by atoms with Crippen LogP contribution in [0.5, 0.6) is 0 Å². The minimum Gasteiger partial charge on any atom is -1.00 e. The van der Waals surface area contributed by atoms with Crippen molar-refractivity contribution in [2.45, 2.75) is 13.0 Å². The zero-order valence-electron chi connectivity index (χ0n) is 16.3. The van der Waals surface area contributed by atoms with Crippen molar-refractivity contribution in [3.8, 4) is 0 Å². The van der Waals surface area contributed by atoms with Crippen LogP contribution >= 0.6 is 0 Å². The van der Waals surface area contributed by atoms with Gasteiger partial charge in [-0.25, -0.2) is 4.57 Å². The lowest BCUT2D eigenvalue weighted by atomic mass is 10.0. The van der Waals surface area contributed by atoms with Crippen molar-refractivity contribution >= 4 is 22.9 Å². The normalized spacial score (nSPS) is 11.2. The molecule has 3 aromatic rings. The molecule has 1 aromatic heterocycles. The van der Waals surface area contributed by atoms with Crippen LogP contribution in [0.4, 0.5) is 0 Å². The number of aryl methyl sites for hydroxylation is 1. The Labute approximate surface area is 184 Å². The highest BCUT2D eigenvalue weighted by atomic mass is 79.9. The highest BCUT2D eigenvalue weighted by Gasteiger charge is 2.08. The molecule has 2 aromatic carbocycles. The van der Waals surface area contributed by atoms with Gasteiger partial charge in [-0.15, -0.1) is 0 Å². The Balaban J connectivity index is 0.00000182. The maximum absolute atomic E-state index is 2.27. The maximum atomic E-state index is 2.27. The summed E-state index contributed by atoms with van der Waals surface area (Å²) in [4.78, 5) is 0. The van der Waals surface area contributed by atoms with E-state index < -0.39 is 0 Å². The highest BCUT2D eigenvalue weighted by Crippen LogP contribution is 2.20. The average molecular weight is 492 g/mol. The van der Waals surface area contributed by atoms with Gasteiger partial charge in [0.05, 0.1) is 34.1 Å². The van der Waals surface area contributed by atoms with E-state index in [0.717, 1.165) is 11.0 Å². The van der Waals surface area contributed by atoms with Crippen LogP contribution in [-0.4, -0.2) is 32.2 Å². The second kappa shape index (κ2) is 10.7. The van der Waals surface area contributed by atoms with E-state index in [-0.39, 0.29) is 34.0 Å². The van der Waals surface area contributed by atoms with E-state index in [1.807, 2.05) is 0 Å². The Morgan fingerprint density at radius 2 is 1.48 bits per heavy atom. The second-order valence-electron chi connectivity index (χ2n) is 7.64. The molecule has 0 amide bonds. The summed E-state index contributed by atoms with van der Waals surface area (Å²) < 4.78 is 3.29. The van der Waals surface area contributed by atoms with Gasteiger partial charge in [-0.3, -0.25) is 0 Å². The summed E-state index contributed by atoms with van der Waals surface area (Å²) in [6.45, 7) is 2.26. The van der Waals surface area contributed by atoms with Gasteiger partial charge in [0.2, 0.25) is 0 Å². The number of aromatic nitrogens is 1. The zero-order valence-corrected chi connectivity index (χ0v) is 19.4. The Morgan fingerprint density at radius 1 is 0.815 bits per heavy atom. The molecule has 4 heteroatoms. The number of rotatable bonds is 6. The third-order valence-electron chi connectivity index (χ3n) is 4.44. The Hall–Kier alpha value is -1.49. The largest absolute Gasteiger partial charge is 1.00 e. The standard InChI is InChI=1S/C23H28N2.2BrH/c1-25(2,3)19-7-16-24-17-14-20(15-18-24)12-13-22-10-6-9-21-8-4-5-11-23(21)22;;/h4-6,8-15,17-18H,7,16,19H2,1-3H3;2*1H/q+2;;/p-2. The molecule has 0 fully saturated rings.